The summed E-state index contributed by atoms with van der Waals surface area (Å²) in [6, 6.07) is 7.06. The lowest BCUT2D eigenvalue weighted by Gasteiger charge is -2.13. The molecule has 0 aliphatic heterocycles. The van der Waals surface area contributed by atoms with Gasteiger partial charge in [-0.25, -0.2) is 0 Å². The van der Waals surface area contributed by atoms with E-state index in [0.29, 0.717) is 23.9 Å². The molecular formula is C14H22N2O2. The van der Waals surface area contributed by atoms with Crippen LogP contribution < -0.4 is 15.8 Å². The Hall–Kier alpha value is -1.71. The van der Waals surface area contributed by atoms with E-state index in [1.165, 1.54) is 0 Å². The molecule has 0 bridgehead atoms. The first-order valence-electron chi connectivity index (χ1n) is 6.40. The molecule has 100 valence electrons. The highest BCUT2D eigenvalue weighted by Crippen LogP contribution is 2.14. The minimum Gasteiger partial charge on any atom is -0.484 e. The summed E-state index contributed by atoms with van der Waals surface area (Å²) in [5.41, 5.74) is 6.25. The molecular weight excluding hydrogens is 228 g/mol. The number of ether oxygens (including phenoxy) is 1. The highest BCUT2D eigenvalue weighted by atomic mass is 16.5. The van der Waals surface area contributed by atoms with E-state index in [0.717, 1.165) is 12.8 Å². The average Bonchev–Trinajstić information content (AvgIpc) is 2.37. The van der Waals surface area contributed by atoms with Crippen LogP contribution in [0.25, 0.3) is 0 Å². The largest absolute Gasteiger partial charge is 0.484 e. The van der Waals surface area contributed by atoms with E-state index >= 15 is 0 Å². The first-order chi connectivity index (χ1) is 8.65. The van der Waals surface area contributed by atoms with Gasteiger partial charge in [0.2, 0.25) is 0 Å². The van der Waals surface area contributed by atoms with Crippen LogP contribution in [0.5, 0.6) is 5.75 Å². The van der Waals surface area contributed by atoms with Gasteiger partial charge in [0, 0.05) is 18.3 Å². The first-order valence-corrected chi connectivity index (χ1v) is 6.40. The van der Waals surface area contributed by atoms with E-state index < -0.39 is 0 Å². The summed E-state index contributed by atoms with van der Waals surface area (Å²) in [6.07, 6.45) is 2.15. The number of nitrogens with one attached hydrogen (secondary N) is 1. The van der Waals surface area contributed by atoms with Crippen LogP contribution in [0.2, 0.25) is 0 Å². The van der Waals surface area contributed by atoms with Gasteiger partial charge >= 0.3 is 0 Å². The molecule has 1 amide bonds. The number of nitrogens with two attached hydrogens (primary N) is 1. The number of benzene rings is 1. The van der Waals surface area contributed by atoms with Crippen molar-refractivity contribution >= 4 is 11.6 Å². The Morgan fingerprint density at radius 1 is 1.39 bits per heavy atom. The van der Waals surface area contributed by atoms with Crippen molar-refractivity contribution in [2.24, 2.45) is 5.92 Å². The summed E-state index contributed by atoms with van der Waals surface area (Å²) in [5, 5.41) is 2.87. The first kappa shape index (κ1) is 14.4. The SMILES string of the molecule is CCC(CC)CNC(=O)COc1cccc(N)c1. The van der Waals surface area contributed by atoms with E-state index in [1.54, 1.807) is 24.3 Å². The highest BCUT2D eigenvalue weighted by molar-refractivity contribution is 5.77. The van der Waals surface area contributed by atoms with E-state index in [9.17, 15) is 4.79 Å². The maximum atomic E-state index is 11.6. The molecule has 0 fully saturated rings. The second-order valence-electron chi connectivity index (χ2n) is 4.35. The number of carbonyl (C=O) groups is 1. The van der Waals surface area contributed by atoms with Crippen LogP contribution in [0.3, 0.4) is 0 Å². The van der Waals surface area contributed by atoms with Gasteiger partial charge in [-0.3, -0.25) is 4.79 Å². The molecule has 4 nitrogen and oxygen atoms in total. The number of amides is 1. The molecule has 1 aromatic rings. The average molecular weight is 250 g/mol. The second kappa shape index (κ2) is 7.58. The molecule has 0 saturated heterocycles. The van der Waals surface area contributed by atoms with Crippen molar-refractivity contribution in [3.63, 3.8) is 0 Å². The summed E-state index contributed by atoms with van der Waals surface area (Å²) < 4.78 is 5.36. The van der Waals surface area contributed by atoms with Crippen molar-refractivity contribution in [3.05, 3.63) is 24.3 Å². The van der Waals surface area contributed by atoms with Crippen molar-refractivity contribution in [2.45, 2.75) is 26.7 Å². The minimum atomic E-state index is -0.0932. The molecule has 18 heavy (non-hydrogen) atoms. The molecule has 0 spiro atoms. The second-order valence-corrected chi connectivity index (χ2v) is 4.35. The third-order valence-corrected chi connectivity index (χ3v) is 2.97. The van der Waals surface area contributed by atoms with Crippen LogP contribution in [-0.4, -0.2) is 19.1 Å². The molecule has 0 atom stereocenters. The normalized spacial score (nSPS) is 10.4. The Bertz CT molecular complexity index is 376. The topological polar surface area (TPSA) is 64.3 Å². The highest BCUT2D eigenvalue weighted by Gasteiger charge is 2.07. The summed E-state index contributed by atoms with van der Waals surface area (Å²) in [7, 11) is 0. The molecule has 4 heteroatoms. The predicted molar refractivity (Wildman–Crippen MR) is 73.4 cm³/mol. The van der Waals surface area contributed by atoms with Crippen molar-refractivity contribution in [3.8, 4) is 5.75 Å². The molecule has 0 aromatic heterocycles. The summed E-state index contributed by atoms with van der Waals surface area (Å²) in [5.74, 6) is 1.07. The number of anilines is 1. The molecule has 3 N–H and O–H groups in total. The zero-order chi connectivity index (χ0) is 13.4. The molecule has 0 aliphatic carbocycles. The standard InChI is InChI=1S/C14H22N2O2/c1-3-11(4-2)9-16-14(17)10-18-13-7-5-6-12(15)8-13/h5-8,11H,3-4,9-10,15H2,1-2H3,(H,16,17). The van der Waals surface area contributed by atoms with E-state index in [-0.39, 0.29) is 12.5 Å². The monoisotopic (exact) mass is 250 g/mol. The molecule has 0 heterocycles. The van der Waals surface area contributed by atoms with Crippen LogP contribution in [0, 0.1) is 5.92 Å². The lowest BCUT2D eigenvalue weighted by molar-refractivity contribution is -0.123. The Morgan fingerprint density at radius 2 is 2.11 bits per heavy atom. The lowest BCUT2D eigenvalue weighted by Crippen LogP contribution is -2.32. The number of nitrogen functional groups attached to an aromatic ring is 1. The van der Waals surface area contributed by atoms with Crippen molar-refractivity contribution in [1.82, 2.24) is 5.32 Å². The van der Waals surface area contributed by atoms with Crippen LogP contribution >= 0.6 is 0 Å². The third kappa shape index (κ3) is 5.08. The summed E-state index contributed by atoms with van der Waals surface area (Å²) in [4.78, 5) is 11.6. The number of carbonyl (C=O) groups excluding carboxylic acids is 1. The van der Waals surface area contributed by atoms with Crippen LogP contribution in [0.15, 0.2) is 24.3 Å². The van der Waals surface area contributed by atoms with Crippen molar-refractivity contribution < 1.29 is 9.53 Å². The fourth-order valence-corrected chi connectivity index (χ4v) is 1.64. The van der Waals surface area contributed by atoms with E-state index in [1.807, 2.05) is 0 Å². The molecule has 0 radical (unpaired) electrons. The molecule has 0 aliphatic rings. The van der Waals surface area contributed by atoms with Gasteiger partial charge in [-0.2, -0.15) is 0 Å². The van der Waals surface area contributed by atoms with Gasteiger partial charge in [-0.1, -0.05) is 32.8 Å². The van der Waals surface area contributed by atoms with Gasteiger partial charge in [0.05, 0.1) is 0 Å². The van der Waals surface area contributed by atoms with Crippen molar-refractivity contribution in [1.29, 1.82) is 0 Å². The quantitative estimate of drug-likeness (QED) is 0.729. The number of hydrogen-bond donors (Lipinski definition) is 2. The van der Waals surface area contributed by atoms with E-state index in [4.69, 9.17) is 10.5 Å². The molecule has 1 aromatic carbocycles. The Morgan fingerprint density at radius 3 is 2.72 bits per heavy atom. The van der Waals surface area contributed by atoms with E-state index in [2.05, 4.69) is 19.2 Å². The van der Waals surface area contributed by atoms with Crippen LogP contribution in [0.1, 0.15) is 26.7 Å². The lowest BCUT2D eigenvalue weighted by atomic mass is 10.0. The van der Waals surface area contributed by atoms with Gasteiger partial charge in [0.25, 0.3) is 5.91 Å². The predicted octanol–water partition coefficient (Wildman–Crippen LogP) is 2.20. The summed E-state index contributed by atoms with van der Waals surface area (Å²) in [6.45, 7) is 5.00. The number of rotatable bonds is 7. The molecule has 0 saturated carbocycles. The fraction of sp³-hybridized carbons (Fsp3) is 0.500. The molecule has 0 unspecified atom stereocenters. The molecule has 1 rings (SSSR count). The van der Waals surface area contributed by atoms with Crippen LogP contribution in [-0.2, 0) is 4.79 Å². The van der Waals surface area contributed by atoms with Gasteiger partial charge in [-0.15, -0.1) is 0 Å². The Kier molecular flexibility index (Phi) is 6.05. The number of hydrogen-bond acceptors (Lipinski definition) is 3. The van der Waals surface area contributed by atoms with Gasteiger partial charge in [0.15, 0.2) is 6.61 Å². The smallest absolute Gasteiger partial charge is 0.257 e. The summed E-state index contributed by atoms with van der Waals surface area (Å²) >= 11 is 0. The maximum Gasteiger partial charge on any atom is 0.257 e. The zero-order valence-electron chi connectivity index (χ0n) is 11.1. The minimum absolute atomic E-state index is 0.0314. The Balaban J connectivity index is 2.29. The van der Waals surface area contributed by atoms with Crippen molar-refractivity contribution in [2.75, 3.05) is 18.9 Å². The fourth-order valence-electron chi connectivity index (χ4n) is 1.64. The van der Waals surface area contributed by atoms with Gasteiger partial charge in [0.1, 0.15) is 5.75 Å². The van der Waals surface area contributed by atoms with Crippen LogP contribution in [0.4, 0.5) is 5.69 Å². The van der Waals surface area contributed by atoms with Gasteiger partial charge < -0.3 is 15.8 Å². The Labute approximate surface area is 109 Å². The maximum absolute atomic E-state index is 11.6. The van der Waals surface area contributed by atoms with Gasteiger partial charge in [-0.05, 0) is 18.1 Å². The zero-order valence-corrected chi connectivity index (χ0v) is 11.1. The third-order valence-electron chi connectivity index (χ3n) is 2.97.